The first-order chi connectivity index (χ1) is 8.16. The second-order valence-electron chi connectivity index (χ2n) is 6.08. The summed E-state index contributed by atoms with van der Waals surface area (Å²) < 4.78 is 0. The van der Waals surface area contributed by atoms with Crippen LogP contribution in [-0.4, -0.2) is 18.5 Å². The zero-order valence-electron chi connectivity index (χ0n) is 11.0. The Hall–Kier alpha value is -0.570. The lowest BCUT2D eigenvalue weighted by molar-refractivity contribution is -0.125. The maximum atomic E-state index is 12.0. The Bertz CT molecular complexity index is 267. The van der Waals surface area contributed by atoms with Crippen molar-refractivity contribution >= 4 is 5.91 Å². The Morgan fingerprint density at radius 2 is 2.00 bits per heavy atom. The van der Waals surface area contributed by atoms with Crippen molar-refractivity contribution in [2.45, 2.75) is 57.9 Å². The molecule has 2 aliphatic carbocycles. The maximum Gasteiger partial charge on any atom is 0.224 e. The maximum absolute atomic E-state index is 12.0. The Balaban J connectivity index is 1.72. The van der Waals surface area contributed by atoms with E-state index in [9.17, 15) is 4.79 Å². The van der Waals surface area contributed by atoms with Crippen LogP contribution in [0.1, 0.15) is 51.9 Å². The van der Waals surface area contributed by atoms with Crippen molar-refractivity contribution in [3.8, 4) is 0 Å². The van der Waals surface area contributed by atoms with E-state index in [0.29, 0.717) is 5.92 Å². The van der Waals surface area contributed by atoms with E-state index in [2.05, 4.69) is 12.2 Å². The van der Waals surface area contributed by atoms with Gasteiger partial charge in [0.05, 0.1) is 5.92 Å². The number of amides is 1. The summed E-state index contributed by atoms with van der Waals surface area (Å²) in [6.45, 7) is 3.19. The number of carbonyl (C=O) groups excluding carboxylic acids is 1. The van der Waals surface area contributed by atoms with Crippen molar-refractivity contribution in [3.05, 3.63) is 0 Å². The number of hydrogen-bond donors (Lipinski definition) is 2. The molecule has 0 heterocycles. The van der Waals surface area contributed by atoms with Gasteiger partial charge in [0, 0.05) is 12.6 Å². The molecule has 3 heteroatoms. The van der Waals surface area contributed by atoms with Crippen molar-refractivity contribution in [1.29, 1.82) is 0 Å². The molecule has 4 atom stereocenters. The van der Waals surface area contributed by atoms with Gasteiger partial charge in [-0.3, -0.25) is 4.79 Å². The van der Waals surface area contributed by atoms with Gasteiger partial charge in [-0.15, -0.1) is 0 Å². The molecule has 98 valence electrons. The molecule has 2 rings (SSSR count). The zero-order chi connectivity index (χ0) is 12.3. The largest absolute Gasteiger partial charge is 0.356 e. The minimum atomic E-state index is 0.0796. The van der Waals surface area contributed by atoms with E-state index < -0.39 is 0 Å². The van der Waals surface area contributed by atoms with Crippen molar-refractivity contribution in [1.82, 2.24) is 5.32 Å². The zero-order valence-corrected chi connectivity index (χ0v) is 11.0. The molecule has 2 saturated carbocycles. The number of hydrogen-bond acceptors (Lipinski definition) is 2. The van der Waals surface area contributed by atoms with Gasteiger partial charge in [0.25, 0.3) is 0 Å². The highest BCUT2D eigenvalue weighted by Gasteiger charge is 2.30. The number of rotatable bonds is 3. The van der Waals surface area contributed by atoms with Crippen molar-refractivity contribution in [3.63, 3.8) is 0 Å². The molecule has 0 aromatic rings. The molecule has 0 saturated heterocycles. The summed E-state index contributed by atoms with van der Waals surface area (Å²) in [6.07, 6.45) is 8.34. The van der Waals surface area contributed by atoms with Crippen molar-refractivity contribution in [2.24, 2.45) is 23.5 Å². The first kappa shape index (κ1) is 12.9. The van der Waals surface area contributed by atoms with Crippen LogP contribution in [0.5, 0.6) is 0 Å². The standard InChI is InChI=1S/C14H26N2O/c1-10-4-2-5-11(8-10)9-16-14(17)12-6-3-7-13(12)15/h10-13H,2-9,15H2,1H3,(H,16,17). The predicted molar refractivity (Wildman–Crippen MR) is 69.4 cm³/mol. The molecule has 1 amide bonds. The minimum absolute atomic E-state index is 0.0796. The van der Waals surface area contributed by atoms with Crippen LogP contribution in [0, 0.1) is 17.8 Å². The number of nitrogens with two attached hydrogens (primary N) is 1. The summed E-state index contributed by atoms with van der Waals surface area (Å²) in [5, 5.41) is 3.13. The fourth-order valence-corrected chi connectivity index (χ4v) is 3.44. The molecule has 0 spiro atoms. The van der Waals surface area contributed by atoms with Gasteiger partial charge in [-0.05, 0) is 37.5 Å². The summed E-state index contributed by atoms with van der Waals surface area (Å²) in [7, 11) is 0. The molecule has 0 aromatic carbocycles. The number of nitrogens with one attached hydrogen (secondary N) is 1. The molecular formula is C14H26N2O. The molecule has 3 nitrogen and oxygen atoms in total. The monoisotopic (exact) mass is 238 g/mol. The molecule has 0 aliphatic heterocycles. The van der Waals surface area contributed by atoms with Gasteiger partial charge in [-0.1, -0.05) is 26.2 Å². The molecule has 0 bridgehead atoms. The van der Waals surface area contributed by atoms with Crippen LogP contribution in [0.25, 0.3) is 0 Å². The van der Waals surface area contributed by atoms with E-state index in [1.165, 1.54) is 25.7 Å². The molecular weight excluding hydrogens is 212 g/mol. The van der Waals surface area contributed by atoms with Crippen LogP contribution in [-0.2, 0) is 4.79 Å². The summed E-state index contributed by atoms with van der Waals surface area (Å²) in [4.78, 5) is 12.0. The van der Waals surface area contributed by atoms with Crippen molar-refractivity contribution in [2.75, 3.05) is 6.54 Å². The Morgan fingerprint density at radius 3 is 2.65 bits per heavy atom. The molecule has 2 aliphatic rings. The van der Waals surface area contributed by atoms with E-state index in [4.69, 9.17) is 5.73 Å². The van der Waals surface area contributed by atoms with E-state index in [1.54, 1.807) is 0 Å². The van der Waals surface area contributed by atoms with E-state index >= 15 is 0 Å². The lowest BCUT2D eigenvalue weighted by Gasteiger charge is -2.27. The minimum Gasteiger partial charge on any atom is -0.356 e. The SMILES string of the molecule is CC1CCCC(CNC(=O)C2CCCC2N)C1. The highest BCUT2D eigenvalue weighted by molar-refractivity contribution is 5.79. The second-order valence-corrected chi connectivity index (χ2v) is 6.08. The van der Waals surface area contributed by atoms with Crippen LogP contribution < -0.4 is 11.1 Å². The molecule has 0 radical (unpaired) electrons. The van der Waals surface area contributed by atoms with Gasteiger partial charge in [0.1, 0.15) is 0 Å². The highest BCUT2D eigenvalue weighted by Crippen LogP contribution is 2.28. The van der Waals surface area contributed by atoms with E-state index in [1.807, 2.05) is 0 Å². The average molecular weight is 238 g/mol. The van der Waals surface area contributed by atoms with Gasteiger partial charge in [0.2, 0.25) is 5.91 Å². The topological polar surface area (TPSA) is 55.1 Å². The van der Waals surface area contributed by atoms with Crippen LogP contribution in [0.15, 0.2) is 0 Å². The summed E-state index contributed by atoms with van der Waals surface area (Å²) in [5.41, 5.74) is 5.95. The summed E-state index contributed by atoms with van der Waals surface area (Å²) in [6, 6.07) is 0.0975. The van der Waals surface area contributed by atoms with Gasteiger partial charge in [0.15, 0.2) is 0 Å². The van der Waals surface area contributed by atoms with Crippen molar-refractivity contribution < 1.29 is 4.79 Å². The average Bonchev–Trinajstić information content (AvgIpc) is 2.72. The lowest BCUT2D eigenvalue weighted by atomic mass is 9.82. The Kier molecular flexibility index (Phi) is 4.43. The van der Waals surface area contributed by atoms with E-state index in [0.717, 1.165) is 31.7 Å². The van der Waals surface area contributed by atoms with Crippen LogP contribution in [0.3, 0.4) is 0 Å². The third-order valence-corrected chi connectivity index (χ3v) is 4.52. The Morgan fingerprint density at radius 1 is 1.24 bits per heavy atom. The molecule has 4 unspecified atom stereocenters. The molecule has 17 heavy (non-hydrogen) atoms. The lowest BCUT2D eigenvalue weighted by Crippen LogP contribution is -2.40. The van der Waals surface area contributed by atoms with Crippen LogP contribution in [0.4, 0.5) is 0 Å². The normalized spacial score (nSPS) is 38.0. The number of carbonyl (C=O) groups is 1. The highest BCUT2D eigenvalue weighted by atomic mass is 16.1. The third kappa shape index (κ3) is 3.44. The second kappa shape index (κ2) is 5.85. The smallest absolute Gasteiger partial charge is 0.224 e. The van der Waals surface area contributed by atoms with Gasteiger partial charge in [-0.25, -0.2) is 0 Å². The predicted octanol–water partition coefficient (Wildman–Crippen LogP) is 2.06. The van der Waals surface area contributed by atoms with Gasteiger partial charge in [-0.2, -0.15) is 0 Å². The first-order valence-electron chi connectivity index (χ1n) is 7.20. The molecule has 2 fully saturated rings. The van der Waals surface area contributed by atoms with E-state index in [-0.39, 0.29) is 17.9 Å². The van der Waals surface area contributed by atoms with Gasteiger partial charge >= 0.3 is 0 Å². The molecule has 0 aromatic heterocycles. The third-order valence-electron chi connectivity index (χ3n) is 4.52. The summed E-state index contributed by atoms with van der Waals surface area (Å²) >= 11 is 0. The first-order valence-corrected chi connectivity index (χ1v) is 7.20. The van der Waals surface area contributed by atoms with Crippen LogP contribution >= 0.6 is 0 Å². The fourth-order valence-electron chi connectivity index (χ4n) is 3.44. The fraction of sp³-hybridized carbons (Fsp3) is 0.929. The Labute approximate surface area is 105 Å². The summed E-state index contributed by atoms with van der Waals surface area (Å²) in [5.74, 6) is 1.81. The quantitative estimate of drug-likeness (QED) is 0.790. The van der Waals surface area contributed by atoms with Crippen LogP contribution in [0.2, 0.25) is 0 Å². The molecule has 3 N–H and O–H groups in total. The van der Waals surface area contributed by atoms with Gasteiger partial charge < -0.3 is 11.1 Å².